The molecule has 33 heavy (non-hydrogen) atoms. The number of fused-ring (bicyclic) bond motifs is 1. The average molecular weight is 530 g/mol. The maximum atomic E-state index is 13.7. The minimum Gasteiger partial charge on any atom is -0.611 e. The molecule has 1 aromatic heterocycles. The molecular weight excluding hydrogens is 505 g/mol. The van der Waals surface area contributed by atoms with Gasteiger partial charge in [0.1, 0.15) is 17.3 Å². The number of halogens is 2. The second-order valence-corrected chi connectivity index (χ2v) is 10.7. The van der Waals surface area contributed by atoms with Gasteiger partial charge in [0.2, 0.25) is 10.8 Å². The number of nitrogens with one attached hydrogen (secondary N) is 1. The van der Waals surface area contributed by atoms with Crippen LogP contribution in [0.3, 0.4) is 0 Å². The molecule has 9 heteroatoms. The lowest BCUT2D eigenvalue weighted by Gasteiger charge is -2.30. The van der Waals surface area contributed by atoms with Crippen LogP contribution in [0.4, 0.5) is 27.5 Å². The number of anilines is 4. The Kier molecular flexibility index (Phi) is 6.44. The van der Waals surface area contributed by atoms with Crippen molar-refractivity contribution in [1.29, 1.82) is 0 Å². The molecule has 0 aliphatic carbocycles. The molecule has 3 heterocycles. The van der Waals surface area contributed by atoms with Gasteiger partial charge < -0.3 is 19.7 Å². The zero-order valence-electron chi connectivity index (χ0n) is 18.3. The number of aryl methyl sites for hydroxylation is 1. The van der Waals surface area contributed by atoms with Gasteiger partial charge >= 0.3 is 0 Å². The summed E-state index contributed by atoms with van der Waals surface area (Å²) in [4.78, 5) is 14.8. The Morgan fingerprint density at radius 3 is 2.82 bits per heavy atom. The fourth-order valence-electron chi connectivity index (χ4n) is 4.58. The molecule has 0 bridgehead atoms. The molecule has 1 N–H and O–H groups in total. The predicted octanol–water partition coefficient (Wildman–Crippen LogP) is 4.89. The minimum absolute atomic E-state index is 0.331. The topological polar surface area (TPSA) is 67.3 Å². The van der Waals surface area contributed by atoms with E-state index < -0.39 is 11.2 Å². The second-order valence-electron chi connectivity index (χ2n) is 8.23. The van der Waals surface area contributed by atoms with E-state index >= 15 is 0 Å². The standard InChI is InChI=1S/C24H25BrFN5OS/c1-2-31(19-8-6-16(25)7-9-19)20-10-12-30(15-20)24-28-21-11-13-33(32)22(21)23(29-24)27-18-5-3-4-17(26)14-18/h3-9,14,20H,2,10-13,15H2,1H3,(H,27,28,29)/t20-,33?/m1/s1. The van der Waals surface area contributed by atoms with E-state index in [0.29, 0.717) is 40.6 Å². The third-order valence-corrected chi connectivity index (χ3v) is 8.14. The Morgan fingerprint density at radius 1 is 1.24 bits per heavy atom. The van der Waals surface area contributed by atoms with Crippen molar-refractivity contribution in [3.05, 3.63) is 64.5 Å². The Morgan fingerprint density at radius 2 is 2.06 bits per heavy atom. The monoisotopic (exact) mass is 529 g/mol. The number of hydrogen-bond acceptors (Lipinski definition) is 6. The van der Waals surface area contributed by atoms with Crippen molar-refractivity contribution in [3.63, 3.8) is 0 Å². The SMILES string of the molecule is CCN(c1ccc(Br)cc1)[C@@H]1CCN(c2nc3c(c(Nc4cccc(F)c4)n2)[S+]([O-])CC3)C1. The van der Waals surface area contributed by atoms with Crippen molar-refractivity contribution in [3.8, 4) is 0 Å². The number of benzene rings is 2. The zero-order chi connectivity index (χ0) is 22.9. The molecule has 0 spiro atoms. The van der Waals surface area contributed by atoms with Gasteiger partial charge in [-0.15, -0.1) is 0 Å². The Bertz CT molecular complexity index is 1150. The van der Waals surface area contributed by atoms with Crippen molar-refractivity contribution in [2.75, 3.05) is 40.5 Å². The molecule has 0 radical (unpaired) electrons. The Hall–Kier alpha value is -2.36. The molecule has 5 rings (SSSR count). The van der Waals surface area contributed by atoms with Crippen LogP contribution < -0.4 is 15.1 Å². The summed E-state index contributed by atoms with van der Waals surface area (Å²) in [5, 5.41) is 3.19. The average Bonchev–Trinajstić information content (AvgIpc) is 3.43. The highest BCUT2D eigenvalue weighted by molar-refractivity contribution is 9.10. The van der Waals surface area contributed by atoms with Gasteiger partial charge in [-0.05, 0) is 67.0 Å². The first kappa shape index (κ1) is 22.4. The molecule has 2 aliphatic heterocycles. The van der Waals surface area contributed by atoms with Crippen molar-refractivity contribution in [2.24, 2.45) is 0 Å². The van der Waals surface area contributed by atoms with Crippen LogP contribution in [0.5, 0.6) is 0 Å². The smallest absolute Gasteiger partial charge is 0.227 e. The van der Waals surface area contributed by atoms with Crippen LogP contribution >= 0.6 is 15.9 Å². The molecule has 2 aromatic carbocycles. The highest BCUT2D eigenvalue weighted by atomic mass is 79.9. The molecule has 1 saturated heterocycles. The van der Waals surface area contributed by atoms with E-state index in [1.165, 1.54) is 17.8 Å². The maximum Gasteiger partial charge on any atom is 0.227 e. The fourth-order valence-corrected chi connectivity index (χ4v) is 6.15. The summed E-state index contributed by atoms with van der Waals surface area (Å²) in [5.74, 6) is 1.37. The van der Waals surface area contributed by atoms with Gasteiger partial charge in [0.25, 0.3) is 0 Å². The molecular formula is C24H25BrFN5OS. The highest BCUT2D eigenvalue weighted by Gasteiger charge is 2.35. The first-order valence-corrected chi connectivity index (χ1v) is 13.2. The van der Waals surface area contributed by atoms with Crippen LogP contribution in [-0.4, -0.2) is 45.9 Å². The lowest BCUT2D eigenvalue weighted by molar-refractivity contribution is 0.599. The lowest BCUT2D eigenvalue weighted by atomic mass is 10.2. The van der Waals surface area contributed by atoms with Crippen LogP contribution in [0, 0.1) is 5.82 Å². The summed E-state index contributed by atoms with van der Waals surface area (Å²) >= 11 is 2.36. The van der Waals surface area contributed by atoms with Crippen LogP contribution in [0.15, 0.2) is 57.9 Å². The largest absolute Gasteiger partial charge is 0.611 e. The summed E-state index contributed by atoms with van der Waals surface area (Å²) in [6.07, 6.45) is 1.66. The number of hydrogen-bond donors (Lipinski definition) is 1. The third-order valence-electron chi connectivity index (χ3n) is 6.15. The van der Waals surface area contributed by atoms with Crippen LogP contribution in [-0.2, 0) is 17.6 Å². The highest BCUT2D eigenvalue weighted by Crippen LogP contribution is 2.35. The van der Waals surface area contributed by atoms with E-state index in [2.05, 4.69) is 62.2 Å². The number of aromatic nitrogens is 2. The summed E-state index contributed by atoms with van der Waals surface area (Å²) < 4.78 is 27.4. The van der Waals surface area contributed by atoms with E-state index in [1.807, 2.05) is 0 Å². The quantitative estimate of drug-likeness (QED) is 0.458. The normalized spacial score (nSPS) is 19.6. The van der Waals surface area contributed by atoms with E-state index in [4.69, 9.17) is 9.97 Å². The van der Waals surface area contributed by atoms with Gasteiger partial charge in [-0.2, -0.15) is 4.98 Å². The van der Waals surface area contributed by atoms with Gasteiger partial charge in [0, 0.05) is 47.9 Å². The summed E-state index contributed by atoms with van der Waals surface area (Å²) in [5.41, 5.74) is 2.60. The van der Waals surface area contributed by atoms with Crippen molar-refractivity contribution >= 4 is 50.2 Å². The Balaban J connectivity index is 1.41. The van der Waals surface area contributed by atoms with Crippen molar-refractivity contribution in [2.45, 2.75) is 30.7 Å². The van der Waals surface area contributed by atoms with Crippen LogP contribution in [0.1, 0.15) is 19.0 Å². The summed E-state index contributed by atoms with van der Waals surface area (Å²) in [6, 6.07) is 15.0. The molecule has 3 aromatic rings. The Labute approximate surface area is 204 Å². The van der Waals surface area contributed by atoms with E-state index in [-0.39, 0.29) is 5.82 Å². The van der Waals surface area contributed by atoms with Crippen LogP contribution in [0.25, 0.3) is 0 Å². The molecule has 1 unspecified atom stereocenters. The molecule has 1 fully saturated rings. The number of rotatable bonds is 6. The van der Waals surface area contributed by atoms with Crippen LogP contribution in [0.2, 0.25) is 0 Å². The molecule has 2 atom stereocenters. The fraction of sp³-hybridized carbons (Fsp3) is 0.333. The third kappa shape index (κ3) is 4.67. The minimum atomic E-state index is -1.15. The second kappa shape index (κ2) is 9.48. The maximum absolute atomic E-state index is 13.7. The van der Waals surface area contributed by atoms with Gasteiger partial charge in [0.15, 0.2) is 5.82 Å². The molecule has 0 amide bonds. The molecule has 172 valence electrons. The van der Waals surface area contributed by atoms with Gasteiger partial charge in [0.05, 0.1) is 0 Å². The first-order chi connectivity index (χ1) is 16.0. The number of nitrogens with zero attached hydrogens (tertiary/aromatic N) is 4. The van der Waals surface area contributed by atoms with Gasteiger partial charge in [-0.25, -0.2) is 9.37 Å². The van der Waals surface area contributed by atoms with E-state index in [0.717, 1.165) is 36.2 Å². The number of likely N-dealkylation sites (N-methyl/N-ethyl adjacent to an activating group) is 1. The molecule has 6 nitrogen and oxygen atoms in total. The zero-order valence-corrected chi connectivity index (χ0v) is 20.7. The van der Waals surface area contributed by atoms with E-state index in [9.17, 15) is 8.94 Å². The van der Waals surface area contributed by atoms with Crippen molar-refractivity contribution in [1.82, 2.24) is 9.97 Å². The molecule has 0 saturated carbocycles. The molecule has 2 aliphatic rings. The summed E-state index contributed by atoms with van der Waals surface area (Å²) in [7, 11) is 0. The van der Waals surface area contributed by atoms with Crippen molar-refractivity contribution < 1.29 is 8.94 Å². The lowest BCUT2D eigenvalue weighted by Crippen LogP contribution is -2.38. The first-order valence-electron chi connectivity index (χ1n) is 11.1. The summed E-state index contributed by atoms with van der Waals surface area (Å²) in [6.45, 7) is 4.74. The van der Waals surface area contributed by atoms with E-state index in [1.54, 1.807) is 12.1 Å². The van der Waals surface area contributed by atoms with Gasteiger partial charge in [-0.1, -0.05) is 22.0 Å². The van der Waals surface area contributed by atoms with Gasteiger partial charge in [-0.3, -0.25) is 0 Å². The predicted molar refractivity (Wildman–Crippen MR) is 134 cm³/mol.